The molecule has 0 spiro atoms. The van der Waals surface area contributed by atoms with Crippen LogP contribution in [0.15, 0.2) is 48.5 Å². The fourth-order valence-corrected chi connectivity index (χ4v) is 3.28. The number of nitrogens with zero attached hydrogens (tertiary/aromatic N) is 2. The molecule has 0 atom stereocenters. The van der Waals surface area contributed by atoms with E-state index < -0.39 is 0 Å². The number of nitrogens with one attached hydrogen (secondary N) is 1. The van der Waals surface area contributed by atoms with Crippen LogP contribution in [0.3, 0.4) is 0 Å². The first-order valence-electron chi connectivity index (χ1n) is 9.04. The van der Waals surface area contributed by atoms with E-state index in [1.165, 1.54) is 11.3 Å². The van der Waals surface area contributed by atoms with Gasteiger partial charge in [0.05, 0.1) is 0 Å². The second-order valence-corrected chi connectivity index (χ2v) is 7.72. The third-order valence-corrected chi connectivity index (χ3v) is 4.74. The molecule has 2 amide bonds. The van der Waals surface area contributed by atoms with Crippen molar-refractivity contribution < 1.29 is 9.90 Å². The van der Waals surface area contributed by atoms with Crippen LogP contribution in [0.5, 0.6) is 5.75 Å². The lowest BCUT2D eigenvalue weighted by Gasteiger charge is -2.38. The predicted octanol–water partition coefficient (Wildman–Crippen LogP) is 4.04. The zero-order valence-corrected chi connectivity index (χ0v) is 15.7. The molecule has 2 aromatic rings. The van der Waals surface area contributed by atoms with Crippen molar-refractivity contribution in [2.24, 2.45) is 0 Å². The lowest BCUT2D eigenvalue weighted by molar-refractivity contribution is 0.208. The van der Waals surface area contributed by atoms with Crippen LogP contribution in [0.4, 0.5) is 16.2 Å². The van der Waals surface area contributed by atoms with Gasteiger partial charge in [-0.15, -0.1) is 0 Å². The van der Waals surface area contributed by atoms with Crippen molar-refractivity contribution in [3.63, 3.8) is 0 Å². The third-order valence-electron chi connectivity index (χ3n) is 4.74. The van der Waals surface area contributed by atoms with E-state index >= 15 is 0 Å². The molecular weight excluding hydrogens is 326 g/mol. The van der Waals surface area contributed by atoms with Crippen molar-refractivity contribution >= 4 is 17.4 Å². The number of amides is 2. The number of hydrogen-bond donors (Lipinski definition) is 2. The highest BCUT2D eigenvalue weighted by atomic mass is 16.3. The molecule has 0 aliphatic carbocycles. The number of para-hydroxylation sites is 1. The molecule has 1 heterocycles. The molecule has 2 aromatic carbocycles. The number of carbonyl (C=O) groups is 1. The van der Waals surface area contributed by atoms with Gasteiger partial charge in [0.15, 0.2) is 0 Å². The Hall–Kier alpha value is -2.69. The van der Waals surface area contributed by atoms with Gasteiger partial charge in [-0.1, -0.05) is 39.0 Å². The summed E-state index contributed by atoms with van der Waals surface area (Å²) >= 11 is 0. The molecule has 1 saturated heterocycles. The Morgan fingerprint density at radius 3 is 2.19 bits per heavy atom. The monoisotopic (exact) mass is 353 g/mol. The Balaban J connectivity index is 1.63. The van der Waals surface area contributed by atoms with Gasteiger partial charge in [0.25, 0.3) is 0 Å². The molecule has 26 heavy (non-hydrogen) atoms. The molecule has 5 heteroatoms. The van der Waals surface area contributed by atoms with Crippen LogP contribution in [0.1, 0.15) is 26.3 Å². The summed E-state index contributed by atoms with van der Waals surface area (Å²) in [6.07, 6.45) is 0. The largest absolute Gasteiger partial charge is 0.508 e. The molecule has 1 aliphatic heterocycles. The van der Waals surface area contributed by atoms with E-state index in [9.17, 15) is 9.90 Å². The Morgan fingerprint density at radius 1 is 0.962 bits per heavy atom. The minimum atomic E-state index is -0.0977. The van der Waals surface area contributed by atoms with Crippen molar-refractivity contribution in [3.8, 4) is 5.75 Å². The van der Waals surface area contributed by atoms with Gasteiger partial charge < -0.3 is 20.2 Å². The summed E-state index contributed by atoms with van der Waals surface area (Å²) in [5.41, 5.74) is 3.37. The lowest BCUT2D eigenvalue weighted by atomic mass is 9.85. The quantitative estimate of drug-likeness (QED) is 0.801. The van der Waals surface area contributed by atoms with Crippen LogP contribution >= 0.6 is 0 Å². The first-order valence-corrected chi connectivity index (χ1v) is 9.04. The van der Waals surface area contributed by atoms with Crippen molar-refractivity contribution in [2.75, 3.05) is 36.4 Å². The van der Waals surface area contributed by atoms with E-state index in [1.807, 2.05) is 4.90 Å². The molecular formula is C21H27N3O2. The van der Waals surface area contributed by atoms with Crippen molar-refractivity contribution in [2.45, 2.75) is 26.2 Å². The second-order valence-electron chi connectivity index (χ2n) is 7.72. The summed E-state index contributed by atoms with van der Waals surface area (Å²) in [7, 11) is 0. The summed E-state index contributed by atoms with van der Waals surface area (Å²) < 4.78 is 0. The normalized spacial score (nSPS) is 15.0. The minimum Gasteiger partial charge on any atom is -0.508 e. The van der Waals surface area contributed by atoms with Crippen LogP contribution in [-0.2, 0) is 5.41 Å². The first kappa shape index (κ1) is 18.1. The molecule has 0 radical (unpaired) electrons. The summed E-state index contributed by atoms with van der Waals surface area (Å²) in [5.74, 6) is 0.189. The fraction of sp³-hybridized carbons (Fsp3) is 0.381. The SMILES string of the molecule is CC(C)(C)c1ccccc1N1CCN(C(=O)Nc2ccc(O)cc2)CC1. The summed E-state index contributed by atoms with van der Waals surface area (Å²) in [6.45, 7) is 9.69. The molecule has 3 rings (SSSR count). The highest BCUT2D eigenvalue weighted by Gasteiger charge is 2.25. The summed E-state index contributed by atoms with van der Waals surface area (Å²) in [4.78, 5) is 16.7. The molecule has 0 saturated carbocycles. The van der Waals surface area contributed by atoms with E-state index in [-0.39, 0.29) is 17.2 Å². The number of urea groups is 1. The van der Waals surface area contributed by atoms with Crippen LogP contribution in [0.25, 0.3) is 0 Å². The van der Waals surface area contributed by atoms with E-state index in [2.05, 4.69) is 55.3 Å². The van der Waals surface area contributed by atoms with E-state index in [0.717, 1.165) is 13.1 Å². The van der Waals surface area contributed by atoms with Crippen LogP contribution in [0, 0.1) is 0 Å². The molecule has 2 N–H and O–H groups in total. The van der Waals surface area contributed by atoms with E-state index in [1.54, 1.807) is 24.3 Å². The Bertz CT molecular complexity index is 758. The number of piperazine rings is 1. The Kier molecular flexibility index (Phi) is 5.07. The molecule has 0 unspecified atom stereocenters. The standard InChI is InChI=1S/C21H27N3O2/c1-21(2,3)18-6-4-5-7-19(18)23-12-14-24(15-13-23)20(26)22-16-8-10-17(25)11-9-16/h4-11,25H,12-15H2,1-3H3,(H,22,26). The number of phenolic OH excluding ortho intramolecular Hbond substituents is 1. The van der Waals surface area contributed by atoms with Gasteiger partial charge in [0.2, 0.25) is 0 Å². The maximum absolute atomic E-state index is 12.5. The van der Waals surface area contributed by atoms with E-state index in [0.29, 0.717) is 18.8 Å². The number of hydrogen-bond acceptors (Lipinski definition) is 3. The van der Waals surface area contributed by atoms with Gasteiger partial charge in [0, 0.05) is 37.6 Å². The van der Waals surface area contributed by atoms with Crippen molar-refractivity contribution in [3.05, 3.63) is 54.1 Å². The van der Waals surface area contributed by atoms with Gasteiger partial charge >= 0.3 is 6.03 Å². The first-order chi connectivity index (χ1) is 12.3. The second kappa shape index (κ2) is 7.28. The number of benzene rings is 2. The summed E-state index contributed by atoms with van der Waals surface area (Å²) in [6, 6.07) is 15.0. The molecule has 5 nitrogen and oxygen atoms in total. The minimum absolute atomic E-state index is 0.0873. The molecule has 1 fully saturated rings. The van der Waals surface area contributed by atoms with Crippen LogP contribution in [-0.4, -0.2) is 42.2 Å². The molecule has 0 aromatic heterocycles. The Labute approximate surface area is 155 Å². The average molecular weight is 353 g/mol. The number of rotatable bonds is 2. The highest BCUT2D eigenvalue weighted by Crippen LogP contribution is 2.32. The zero-order chi connectivity index (χ0) is 18.7. The number of carbonyl (C=O) groups excluding carboxylic acids is 1. The van der Waals surface area contributed by atoms with Crippen molar-refractivity contribution in [1.82, 2.24) is 4.90 Å². The van der Waals surface area contributed by atoms with Gasteiger partial charge in [-0.3, -0.25) is 0 Å². The van der Waals surface area contributed by atoms with E-state index in [4.69, 9.17) is 0 Å². The summed E-state index contributed by atoms with van der Waals surface area (Å²) in [5, 5.41) is 12.2. The van der Waals surface area contributed by atoms with Gasteiger partial charge in [-0.05, 0) is 41.3 Å². The van der Waals surface area contributed by atoms with Crippen molar-refractivity contribution in [1.29, 1.82) is 0 Å². The highest BCUT2D eigenvalue weighted by molar-refractivity contribution is 5.89. The maximum atomic E-state index is 12.5. The van der Waals surface area contributed by atoms with Crippen LogP contribution in [0.2, 0.25) is 0 Å². The molecule has 1 aliphatic rings. The predicted molar refractivity (Wildman–Crippen MR) is 106 cm³/mol. The molecule has 138 valence electrons. The average Bonchev–Trinajstić information content (AvgIpc) is 2.63. The molecule has 0 bridgehead atoms. The number of phenols is 1. The third kappa shape index (κ3) is 4.10. The lowest BCUT2D eigenvalue weighted by Crippen LogP contribution is -2.50. The Morgan fingerprint density at radius 2 is 1.58 bits per heavy atom. The topological polar surface area (TPSA) is 55.8 Å². The van der Waals surface area contributed by atoms with Gasteiger partial charge in [-0.25, -0.2) is 4.79 Å². The van der Waals surface area contributed by atoms with Gasteiger partial charge in [0.1, 0.15) is 5.75 Å². The number of anilines is 2. The maximum Gasteiger partial charge on any atom is 0.321 e. The zero-order valence-electron chi connectivity index (χ0n) is 15.7. The fourth-order valence-electron chi connectivity index (χ4n) is 3.28. The van der Waals surface area contributed by atoms with Crippen LogP contribution < -0.4 is 10.2 Å². The number of aromatic hydroxyl groups is 1. The van der Waals surface area contributed by atoms with Gasteiger partial charge in [-0.2, -0.15) is 0 Å². The smallest absolute Gasteiger partial charge is 0.321 e.